The minimum absolute atomic E-state index is 0.228. The first-order chi connectivity index (χ1) is 7.34. The van der Waals surface area contributed by atoms with Crippen molar-refractivity contribution in [2.24, 2.45) is 11.7 Å². The van der Waals surface area contributed by atoms with Crippen molar-refractivity contribution in [3.63, 3.8) is 0 Å². The zero-order valence-electron chi connectivity index (χ0n) is 10.5. The van der Waals surface area contributed by atoms with Crippen LogP contribution < -0.4 is 5.73 Å². The van der Waals surface area contributed by atoms with Crippen molar-refractivity contribution in [3.05, 3.63) is 11.8 Å². The summed E-state index contributed by atoms with van der Waals surface area (Å²) in [6.07, 6.45) is 3.61. The summed E-state index contributed by atoms with van der Waals surface area (Å²) in [7, 11) is 1.94. The van der Waals surface area contributed by atoms with Gasteiger partial charge >= 0.3 is 0 Å². The molecule has 0 radical (unpaired) electrons. The highest BCUT2D eigenvalue weighted by atomic mass is 16.3. The number of nitrogens with two attached hydrogens (primary N) is 1. The van der Waals surface area contributed by atoms with E-state index >= 15 is 0 Å². The Kier molecular flexibility index (Phi) is 4.35. The van der Waals surface area contributed by atoms with Gasteiger partial charge in [0.1, 0.15) is 6.23 Å². The molecule has 0 aromatic heterocycles. The monoisotopic (exact) mass is 228 g/mol. The molecule has 0 heterocycles. The molecule has 0 saturated heterocycles. The lowest BCUT2D eigenvalue weighted by atomic mass is 10.0. The van der Waals surface area contributed by atoms with E-state index in [0.29, 0.717) is 0 Å². The zero-order chi connectivity index (χ0) is 12.3. The fourth-order valence-corrected chi connectivity index (χ4v) is 1.66. The Labute approximate surface area is 97.7 Å². The van der Waals surface area contributed by atoms with Gasteiger partial charge in [-0.2, -0.15) is 0 Å². The maximum atomic E-state index is 9.71. The topological polar surface area (TPSA) is 69.7 Å². The van der Waals surface area contributed by atoms with E-state index in [4.69, 9.17) is 5.73 Å². The highest BCUT2D eigenvalue weighted by Crippen LogP contribution is 2.38. The van der Waals surface area contributed by atoms with Gasteiger partial charge in [0.15, 0.2) is 0 Å². The highest BCUT2D eigenvalue weighted by Gasteiger charge is 2.39. The summed E-state index contributed by atoms with van der Waals surface area (Å²) < 4.78 is 0. The van der Waals surface area contributed by atoms with Crippen LogP contribution in [0.4, 0.5) is 0 Å². The molecule has 0 spiro atoms. The first kappa shape index (κ1) is 13.5. The minimum Gasteiger partial charge on any atom is -0.390 e. The van der Waals surface area contributed by atoms with Crippen LogP contribution in [0.2, 0.25) is 0 Å². The van der Waals surface area contributed by atoms with E-state index in [0.717, 1.165) is 31.4 Å². The second-order valence-electron chi connectivity index (χ2n) is 5.18. The predicted molar refractivity (Wildman–Crippen MR) is 64.5 cm³/mol. The van der Waals surface area contributed by atoms with E-state index in [1.807, 2.05) is 32.0 Å². The molecule has 4 N–H and O–H groups in total. The summed E-state index contributed by atoms with van der Waals surface area (Å²) in [6.45, 7) is 4.80. The third kappa shape index (κ3) is 4.12. The Hall–Kier alpha value is -0.580. The van der Waals surface area contributed by atoms with Gasteiger partial charge < -0.3 is 20.8 Å². The van der Waals surface area contributed by atoms with E-state index in [-0.39, 0.29) is 5.92 Å². The van der Waals surface area contributed by atoms with E-state index in [9.17, 15) is 10.2 Å². The maximum Gasteiger partial charge on any atom is 0.126 e. The smallest absolute Gasteiger partial charge is 0.126 e. The van der Waals surface area contributed by atoms with E-state index in [1.165, 1.54) is 0 Å². The quantitative estimate of drug-likeness (QED) is 0.584. The van der Waals surface area contributed by atoms with Gasteiger partial charge in [-0.25, -0.2) is 0 Å². The normalized spacial score (nSPS) is 21.1. The van der Waals surface area contributed by atoms with Crippen LogP contribution in [0.25, 0.3) is 0 Å². The number of aliphatic hydroxyl groups is 2. The molecule has 1 aliphatic rings. The van der Waals surface area contributed by atoms with E-state index in [1.54, 1.807) is 0 Å². The number of hydrogen-bond acceptors (Lipinski definition) is 4. The van der Waals surface area contributed by atoms with Crippen LogP contribution in [0, 0.1) is 5.92 Å². The highest BCUT2D eigenvalue weighted by molar-refractivity contribution is 5.08. The predicted octanol–water partition coefficient (Wildman–Crippen LogP) is 0.650. The maximum absolute atomic E-state index is 9.71. The molecule has 1 atom stereocenters. The Morgan fingerprint density at radius 1 is 1.50 bits per heavy atom. The Morgan fingerprint density at radius 3 is 2.44 bits per heavy atom. The number of nitrogens with zero attached hydrogens (tertiary/aromatic N) is 1. The van der Waals surface area contributed by atoms with Gasteiger partial charge in [-0.05, 0) is 30.8 Å². The van der Waals surface area contributed by atoms with Gasteiger partial charge in [-0.15, -0.1) is 0 Å². The van der Waals surface area contributed by atoms with Gasteiger partial charge in [0, 0.05) is 19.8 Å². The molecular weight excluding hydrogens is 204 g/mol. The molecule has 16 heavy (non-hydrogen) atoms. The molecule has 0 aromatic carbocycles. The van der Waals surface area contributed by atoms with Crippen molar-refractivity contribution in [1.29, 1.82) is 0 Å². The van der Waals surface area contributed by atoms with Crippen molar-refractivity contribution in [1.82, 2.24) is 4.90 Å². The van der Waals surface area contributed by atoms with Crippen molar-refractivity contribution >= 4 is 0 Å². The molecule has 1 saturated carbocycles. The molecule has 0 aromatic rings. The number of aliphatic hydroxyl groups excluding tert-OH is 1. The molecule has 4 nitrogen and oxygen atoms in total. The van der Waals surface area contributed by atoms with Crippen LogP contribution in [0.3, 0.4) is 0 Å². The van der Waals surface area contributed by atoms with Crippen LogP contribution in [0.1, 0.15) is 33.1 Å². The fraction of sp³-hybridized carbons (Fsp3) is 0.833. The molecule has 1 fully saturated rings. The van der Waals surface area contributed by atoms with Crippen molar-refractivity contribution in [2.45, 2.75) is 44.9 Å². The second-order valence-corrected chi connectivity index (χ2v) is 5.18. The van der Waals surface area contributed by atoms with Crippen LogP contribution in [-0.2, 0) is 0 Å². The van der Waals surface area contributed by atoms with E-state index in [2.05, 4.69) is 0 Å². The Morgan fingerprint density at radius 2 is 2.06 bits per heavy atom. The van der Waals surface area contributed by atoms with Crippen LogP contribution in [0.5, 0.6) is 0 Å². The van der Waals surface area contributed by atoms with Crippen molar-refractivity contribution < 1.29 is 10.2 Å². The summed E-state index contributed by atoms with van der Waals surface area (Å²) in [5.74, 6) is 0.228. The van der Waals surface area contributed by atoms with Crippen molar-refractivity contribution in [2.75, 3.05) is 13.6 Å². The lowest BCUT2D eigenvalue weighted by molar-refractivity contribution is 0.130. The Bertz CT molecular complexity index is 248. The van der Waals surface area contributed by atoms with Gasteiger partial charge in [0.2, 0.25) is 0 Å². The fourth-order valence-electron chi connectivity index (χ4n) is 1.66. The van der Waals surface area contributed by atoms with Crippen molar-refractivity contribution in [3.8, 4) is 0 Å². The van der Waals surface area contributed by atoms with Crippen LogP contribution in [0.15, 0.2) is 11.8 Å². The average molecular weight is 228 g/mol. The largest absolute Gasteiger partial charge is 0.390 e. The molecule has 94 valence electrons. The third-order valence-corrected chi connectivity index (χ3v) is 3.13. The minimum atomic E-state index is -0.897. The summed E-state index contributed by atoms with van der Waals surface area (Å²) in [4.78, 5) is 1.99. The van der Waals surface area contributed by atoms with Gasteiger partial charge in [-0.1, -0.05) is 13.8 Å². The first-order valence-corrected chi connectivity index (χ1v) is 5.92. The Balaban J connectivity index is 2.45. The van der Waals surface area contributed by atoms with Gasteiger partial charge in [0.05, 0.1) is 5.60 Å². The molecular formula is C12H24N2O2. The molecule has 1 unspecified atom stereocenters. The molecule has 1 aliphatic carbocycles. The standard InChI is InChI=1S/C12H24N2O2/c1-9(2)10(11(13)15)8-14(3)7-6-12(16)4-5-12/h8-9,11,15-16H,4-7,13H2,1-3H3/b10-8-. The lowest BCUT2D eigenvalue weighted by Crippen LogP contribution is -2.28. The molecule has 1 rings (SSSR count). The third-order valence-electron chi connectivity index (χ3n) is 3.13. The summed E-state index contributed by atoms with van der Waals surface area (Å²) in [5, 5.41) is 19.1. The van der Waals surface area contributed by atoms with Crippen LogP contribution >= 0.6 is 0 Å². The lowest BCUT2D eigenvalue weighted by Gasteiger charge is -2.21. The summed E-state index contributed by atoms with van der Waals surface area (Å²) in [5.41, 5.74) is 5.90. The summed E-state index contributed by atoms with van der Waals surface area (Å²) >= 11 is 0. The number of hydrogen-bond donors (Lipinski definition) is 3. The number of rotatable bonds is 6. The summed E-state index contributed by atoms with van der Waals surface area (Å²) in [6, 6.07) is 0. The van der Waals surface area contributed by atoms with Gasteiger partial charge in [-0.3, -0.25) is 0 Å². The molecule has 0 amide bonds. The van der Waals surface area contributed by atoms with Gasteiger partial charge in [0.25, 0.3) is 0 Å². The SMILES string of the molecule is CC(C)/C(=C/N(C)CCC1(O)CC1)C(N)O. The molecule has 4 heteroatoms. The molecule has 0 aliphatic heterocycles. The zero-order valence-corrected chi connectivity index (χ0v) is 10.5. The average Bonchev–Trinajstić information content (AvgIpc) is 2.89. The van der Waals surface area contributed by atoms with E-state index < -0.39 is 11.8 Å². The molecule has 0 bridgehead atoms. The first-order valence-electron chi connectivity index (χ1n) is 5.92. The second kappa shape index (κ2) is 5.17. The van der Waals surface area contributed by atoms with Crippen LogP contribution in [-0.4, -0.2) is 40.5 Å².